The number of ketones is 1. The van der Waals surface area contributed by atoms with Gasteiger partial charge in [0.2, 0.25) is 0 Å². The highest BCUT2D eigenvalue weighted by Crippen LogP contribution is 2.39. The van der Waals surface area contributed by atoms with E-state index in [1.165, 1.54) is 16.4 Å². The first kappa shape index (κ1) is 21.7. The van der Waals surface area contributed by atoms with Gasteiger partial charge in [0.1, 0.15) is 10.7 Å². The molecule has 9 heteroatoms. The van der Waals surface area contributed by atoms with Gasteiger partial charge in [0.15, 0.2) is 5.78 Å². The van der Waals surface area contributed by atoms with Crippen LogP contribution in [0.2, 0.25) is 10.0 Å². The number of alkyl halides is 3. The molecule has 0 atom stereocenters. The lowest BCUT2D eigenvalue weighted by molar-refractivity contribution is -0.137. The number of aromatic nitrogens is 2. The normalized spacial score (nSPS) is 11.7. The van der Waals surface area contributed by atoms with Crippen LogP contribution in [0.15, 0.2) is 41.4 Å². The number of hydrogen-bond acceptors (Lipinski definition) is 3. The van der Waals surface area contributed by atoms with Gasteiger partial charge in [-0.1, -0.05) is 47.0 Å². The molecular formula is C20H15Cl2F3N2OS. The Morgan fingerprint density at radius 1 is 1.10 bits per heavy atom. The number of rotatable bonds is 4. The van der Waals surface area contributed by atoms with Gasteiger partial charge in [-0.25, -0.2) is 4.68 Å². The quantitative estimate of drug-likeness (QED) is 0.319. The summed E-state index contributed by atoms with van der Waals surface area (Å²) < 4.78 is 40.4. The molecule has 0 N–H and O–H groups in total. The van der Waals surface area contributed by atoms with Crippen molar-refractivity contribution < 1.29 is 18.0 Å². The number of hydrogen-bond donors (Lipinski definition) is 0. The van der Waals surface area contributed by atoms with E-state index in [1.54, 1.807) is 31.4 Å². The second-order valence-corrected chi connectivity index (χ2v) is 7.98. The van der Waals surface area contributed by atoms with Crippen molar-refractivity contribution in [3.05, 3.63) is 74.4 Å². The van der Waals surface area contributed by atoms with Gasteiger partial charge < -0.3 is 0 Å². The third kappa shape index (κ3) is 4.17. The lowest BCUT2D eigenvalue weighted by Gasteiger charge is -2.13. The summed E-state index contributed by atoms with van der Waals surface area (Å²) in [4.78, 5) is 13.1. The number of aryl methyl sites for hydroxylation is 1. The molecule has 0 radical (unpaired) electrons. The van der Waals surface area contributed by atoms with E-state index in [1.807, 2.05) is 13.0 Å². The average molecular weight is 459 g/mol. The maximum absolute atomic E-state index is 13.1. The summed E-state index contributed by atoms with van der Waals surface area (Å²) in [5, 5.41) is 4.40. The molecule has 0 fully saturated rings. The summed E-state index contributed by atoms with van der Waals surface area (Å²) in [5.41, 5.74) is 1.35. The highest BCUT2D eigenvalue weighted by Gasteiger charge is 2.33. The minimum atomic E-state index is -4.58. The van der Waals surface area contributed by atoms with E-state index in [2.05, 4.69) is 5.10 Å². The summed E-state index contributed by atoms with van der Waals surface area (Å²) in [6, 6.07) is 8.72. The predicted octanol–water partition coefficient (Wildman–Crippen LogP) is 6.77. The summed E-state index contributed by atoms with van der Waals surface area (Å²) >= 11 is 13.5. The van der Waals surface area contributed by atoms with Crippen LogP contribution in [-0.4, -0.2) is 21.8 Å². The Morgan fingerprint density at radius 3 is 2.24 bits per heavy atom. The Balaban J connectivity index is 2.18. The Hall–Kier alpha value is -1.96. The lowest BCUT2D eigenvalue weighted by atomic mass is 10.0. The first-order valence-corrected chi connectivity index (χ1v) is 10.3. The average Bonchev–Trinajstić information content (AvgIpc) is 2.96. The standard InChI is InChI=1S/C20H15Cl2F3N2OS/c1-10-5-4-6-12(7-10)18(28)16-11(2)27(26-19(16)29-3)17-14(21)8-13(9-15(17)22)20(23,24)25/h4-9H,1-3H3. The first-order chi connectivity index (χ1) is 13.5. The number of benzene rings is 2. The zero-order chi connectivity index (χ0) is 21.5. The largest absolute Gasteiger partial charge is 0.416 e. The molecule has 3 aromatic rings. The Labute approximate surface area is 179 Å². The fraction of sp³-hybridized carbons (Fsp3) is 0.200. The van der Waals surface area contributed by atoms with Crippen LogP contribution in [0.1, 0.15) is 32.7 Å². The van der Waals surface area contributed by atoms with Gasteiger partial charge in [-0.3, -0.25) is 4.79 Å². The van der Waals surface area contributed by atoms with Gasteiger partial charge in [0.05, 0.1) is 26.9 Å². The highest BCUT2D eigenvalue weighted by molar-refractivity contribution is 7.98. The lowest BCUT2D eigenvalue weighted by Crippen LogP contribution is -2.09. The van der Waals surface area contributed by atoms with E-state index in [-0.39, 0.29) is 21.5 Å². The number of halogens is 5. The fourth-order valence-electron chi connectivity index (χ4n) is 2.96. The van der Waals surface area contributed by atoms with Gasteiger partial charge in [0.25, 0.3) is 0 Å². The van der Waals surface area contributed by atoms with Gasteiger partial charge in [-0.2, -0.15) is 18.3 Å². The van der Waals surface area contributed by atoms with Gasteiger partial charge in [0, 0.05) is 5.56 Å². The van der Waals surface area contributed by atoms with E-state index in [4.69, 9.17) is 23.2 Å². The van der Waals surface area contributed by atoms with Crippen LogP contribution in [0.3, 0.4) is 0 Å². The Bertz CT molecular complexity index is 1090. The summed E-state index contributed by atoms with van der Waals surface area (Å²) in [7, 11) is 0. The van der Waals surface area contributed by atoms with E-state index < -0.39 is 11.7 Å². The van der Waals surface area contributed by atoms with Crippen molar-refractivity contribution in [3.63, 3.8) is 0 Å². The van der Waals surface area contributed by atoms with Crippen molar-refractivity contribution >= 4 is 40.7 Å². The molecule has 0 aliphatic rings. The minimum Gasteiger partial charge on any atom is -0.288 e. The molecule has 0 bridgehead atoms. The van der Waals surface area contributed by atoms with Crippen molar-refractivity contribution in [3.8, 4) is 5.69 Å². The van der Waals surface area contributed by atoms with Crippen molar-refractivity contribution in [2.45, 2.75) is 25.0 Å². The molecule has 0 aliphatic carbocycles. The van der Waals surface area contributed by atoms with E-state index in [9.17, 15) is 18.0 Å². The molecule has 0 amide bonds. The van der Waals surface area contributed by atoms with E-state index >= 15 is 0 Å². The van der Waals surface area contributed by atoms with Crippen LogP contribution >= 0.6 is 35.0 Å². The molecule has 2 aromatic carbocycles. The van der Waals surface area contributed by atoms with Crippen LogP contribution in [0.25, 0.3) is 5.69 Å². The van der Waals surface area contributed by atoms with Crippen LogP contribution in [-0.2, 0) is 6.18 Å². The maximum atomic E-state index is 13.1. The molecule has 0 aliphatic heterocycles. The van der Waals surface area contributed by atoms with Crippen molar-refractivity contribution in [1.82, 2.24) is 9.78 Å². The van der Waals surface area contributed by atoms with Crippen molar-refractivity contribution in [2.24, 2.45) is 0 Å². The molecule has 1 heterocycles. The first-order valence-electron chi connectivity index (χ1n) is 8.36. The third-order valence-electron chi connectivity index (χ3n) is 4.34. The Morgan fingerprint density at radius 2 is 1.72 bits per heavy atom. The molecule has 0 saturated heterocycles. The maximum Gasteiger partial charge on any atom is 0.416 e. The number of carbonyl (C=O) groups excluding carboxylic acids is 1. The van der Waals surface area contributed by atoms with Crippen LogP contribution in [0, 0.1) is 13.8 Å². The SMILES string of the molecule is CSc1nn(-c2c(Cl)cc(C(F)(F)F)cc2Cl)c(C)c1C(=O)c1cccc(C)c1. The van der Waals surface area contributed by atoms with E-state index in [0.29, 0.717) is 21.8 Å². The minimum absolute atomic E-state index is 0.0948. The number of carbonyl (C=O) groups is 1. The van der Waals surface area contributed by atoms with Crippen LogP contribution in [0.5, 0.6) is 0 Å². The zero-order valence-electron chi connectivity index (χ0n) is 15.6. The van der Waals surface area contributed by atoms with E-state index in [0.717, 1.165) is 17.7 Å². The molecule has 3 nitrogen and oxygen atoms in total. The number of nitrogens with zero attached hydrogens (tertiary/aromatic N) is 2. The zero-order valence-corrected chi connectivity index (χ0v) is 17.9. The van der Waals surface area contributed by atoms with Gasteiger partial charge in [-0.15, -0.1) is 11.8 Å². The second kappa shape index (κ2) is 8.05. The van der Waals surface area contributed by atoms with Crippen LogP contribution < -0.4 is 0 Å². The summed E-state index contributed by atoms with van der Waals surface area (Å²) in [5.74, 6) is -0.235. The highest BCUT2D eigenvalue weighted by atomic mass is 35.5. The van der Waals surface area contributed by atoms with Crippen molar-refractivity contribution in [1.29, 1.82) is 0 Å². The van der Waals surface area contributed by atoms with Gasteiger partial charge in [-0.05, 0) is 38.3 Å². The smallest absolute Gasteiger partial charge is 0.288 e. The summed E-state index contributed by atoms with van der Waals surface area (Å²) in [6.07, 6.45) is -2.82. The number of thioether (sulfide) groups is 1. The fourth-order valence-corrected chi connectivity index (χ4v) is 4.22. The summed E-state index contributed by atoms with van der Waals surface area (Å²) in [6.45, 7) is 3.53. The molecule has 3 rings (SSSR count). The monoisotopic (exact) mass is 458 g/mol. The molecule has 0 spiro atoms. The molecule has 152 valence electrons. The molecular weight excluding hydrogens is 444 g/mol. The second-order valence-electron chi connectivity index (χ2n) is 6.37. The molecule has 29 heavy (non-hydrogen) atoms. The van der Waals surface area contributed by atoms with Crippen molar-refractivity contribution in [2.75, 3.05) is 6.26 Å². The van der Waals surface area contributed by atoms with Gasteiger partial charge >= 0.3 is 6.18 Å². The molecule has 0 unspecified atom stereocenters. The van der Waals surface area contributed by atoms with Crippen LogP contribution in [0.4, 0.5) is 13.2 Å². The topological polar surface area (TPSA) is 34.9 Å². The third-order valence-corrected chi connectivity index (χ3v) is 5.59. The molecule has 1 aromatic heterocycles. The molecule has 0 saturated carbocycles. The predicted molar refractivity (Wildman–Crippen MR) is 110 cm³/mol. The Kier molecular flexibility index (Phi) is 6.03.